The number of rotatable bonds is 14. The van der Waals surface area contributed by atoms with Crippen LogP contribution in [0.25, 0.3) is 0 Å². The van der Waals surface area contributed by atoms with E-state index in [-0.39, 0.29) is 39.6 Å². The molecule has 0 aliphatic heterocycles. The molecule has 0 aliphatic carbocycles. The van der Waals surface area contributed by atoms with Crippen molar-refractivity contribution in [1.82, 2.24) is 0 Å². The Balaban J connectivity index is 3.64. The first-order valence-electron chi connectivity index (χ1n) is 8.27. The van der Waals surface area contributed by atoms with Gasteiger partial charge in [-0.05, 0) is 0 Å². The Morgan fingerprint density at radius 2 is 0.778 bits per heavy atom. The smallest absolute Gasteiger partial charge is 0.378 e. The highest BCUT2D eigenvalue weighted by Crippen LogP contribution is 2.24. The Hall–Kier alpha value is -0.620. The minimum absolute atomic E-state index is 0.0658. The van der Waals surface area contributed by atoms with Gasteiger partial charge in [0.15, 0.2) is 0 Å². The van der Waals surface area contributed by atoms with E-state index in [0.717, 1.165) is 0 Å². The van der Waals surface area contributed by atoms with E-state index in [0.29, 0.717) is 0 Å². The third-order valence-electron chi connectivity index (χ3n) is 2.98. The summed E-state index contributed by atoms with van der Waals surface area (Å²) in [6.07, 6.45) is -9.35. The van der Waals surface area contributed by atoms with Gasteiger partial charge in [-0.25, -0.2) is 0 Å². The quantitative estimate of drug-likeness (QED) is 0.316. The second kappa shape index (κ2) is 11.4. The highest BCUT2D eigenvalue weighted by Gasteiger charge is 2.33. The summed E-state index contributed by atoms with van der Waals surface area (Å²) in [4.78, 5) is 0. The van der Waals surface area contributed by atoms with Crippen molar-refractivity contribution in [2.45, 2.75) is 40.4 Å². The van der Waals surface area contributed by atoms with Gasteiger partial charge in [0.05, 0.1) is 52.9 Å². The molecule has 0 heterocycles. The predicted octanol–water partition coefficient (Wildman–Crippen LogP) is 4.16. The van der Waals surface area contributed by atoms with Crippen LogP contribution in [-0.2, 0) is 23.7 Å². The van der Waals surface area contributed by atoms with Crippen LogP contribution in [-0.4, -0.2) is 65.6 Å². The van der Waals surface area contributed by atoms with Gasteiger partial charge in [0.2, 0.25) is 0 Å². The fourth-order valence-electron chi connectivity index (χ4n) is 1.67. The normalized spacial score (nSPS) is 14.0. The van der Waals surface area contributed by atoms with Crippen LogP contribution >= 0.6 is 0 Å². The Morgan fingerprint density at radius 1 is 0.481 bits per heavy atom. The van der Waals surface area contributed by atoms with Gasteiger partial charge in [0.25, 0.3) is 0 Å². The van der Waals surface area contributed by atoms with Crippen molar-refractivity contribution >= 4 is 0 Å². The number of hydrogen-bond acceptors (Lipinski definition) is 5. The van der Waals surface area contributed by atoms with Gasteiger partial charge < -0.3 is 14.2 Å². The van der Waals surface area contributed by atoms with Gasteiger partial charge in [-0.2, -0.15) is 0 Å². The molecule has 0 aliphatic rings. The van der Waals surface area contributed by atoms with Crippen LogP contribution in [0, 0.1) is 10.8 Å². The predicted molar refractivity (Wildman–Crippen MR) is 84.0 cm³/mol. The standard InChI is InChI=1S/C16H28F6O5/c1-13(2,11-26-15(17,18)19)9-24-7-5-23-6-8-25-10-14(3,4)12-27-16(20,21)22/h5-12H2,1-4H3. The van der Waals surface area contributed by atoms with E-state index in [1.54, 1.807) is 27.7 Å². The molecule has 0 saturated carbocycles. The lowest BCUT2D eigenvalue weighted by atomic mass is 9.96. The monoisotopic (exact) mass is 414 g/mol. The topological polar surface area (TPSA) is 46.2 Å². The van der Waals surface area contributed by atoms with Gasteiger partial charge in [0, 0.05) is 10.8 Å². The number of hydrogen-bond donors (Lipinski definition) is 0. The van der Waals surface area contributed by atoms with Gasteiger partial charge in [0.1, 0.15) is 0 Å². The summed E-state index contributed by atoms with van der Waals surface area (Å²) in [7, 11) is 0. The summed E-state index contributed by atoms with van der Waals surface area (Å²) in [5.74, 6) is 0. The molecule has 0 aromatic carbocycles. The molecular weight excluding hydrogens is 386 g/mol. The van der Waals surface area contributed by atoms with Crippen molar-refractivity contribution in [2.75, 3.05) is 52.9 Å². The number of halogens is 6. The van der Waals surface area contributed by atoms with Crippen LogP contribution in [0.4, 0.5) is 26.3 Å². The van der Waals surface area contributed by atoms with E-state index in [1.807, 2.05) is 0 Å². The van der Waals surface area contributed by atoms with Crippen LogP contribution in [0.5, 0.6) is 0 Å². The van der Waals surface area contributed by atoms with E-state index in [1.165, 1.54) is 0 Å². The third kappa shape index (κ3) is 18.5. The van der Waals surface area contributed by atoms with E-state index in [4.69, 9.17) is 14.2 Å². The van der Waals surface area contributed by atoms with Crippen molar-refractivity contribution in [2.24, 2.45) is 10.8 Å². The first kappa shape index (κ1) is 26.4. The van der Waals surface area contributed by atoms with E-state index >= 15 is 0 Å². The Morgan fingerprint density at radius 3 is 1.07 bits per heavy atom. The van der Waals surface area contributed by atoms with Crippen molar-refractivity contribution in [3.63, 3.8) is 0 Å². The Labute approximate surface area is 155 Å². The number of ether oxygens (including phenoxy) is 5. The fourth-order valence-corrected chi connectivity index (χ4v) is 1.67. The summed E-state index contributed by atoms with van der Waals surface area (Å²) in [6, 6.07) is 0. The van der Waals surface area contributed by atoms with Crippen molar-refractivity contribution in [3.05, 3.63) is 0 Å². The summed E-state index contributed by atoms with van der Waals surface area (Å²) < 4.78 is 95.2. The fraction of sp³-hybridized carbons (Fsp3) is 1.00. The minimum atomic E-state index is -4.67. The lowest BCUT2D eigenvalue weighted by molar-refractivity contribution is -0.334. The van der Waals surface area contributed by atoms with E-state index < -0.39 is 36.8 Å². The summed E-state index contributed by atoms with van der Waals surface area (Å²) >= 11 is 0. The lowest BCUT2D eigenvalue weighted by Crippen LogP contribution is -2.30. The van der Waals surface area contributed by atoms with Gasteiger partial charge in [-0.15, -0.1) is 26.3 Å². The van der Waals surface area contributed by atoms with Crippen LogP contribution in [0.15, 0.2) is 0 Å². The lowest BCUT2D eigenvalue weighted by Gasteiger charge is -2.25. The maximum Gasteiger partial charge on any atom is 0.522 e. The molecule has 0 unspecified atom stereocenters. The van der Waals surface area contributed by atoms with E-state index in [9.17, 15) is 26.3 Å². The molecule has 0 rings (SSSR count). The molecule has 0 amide bonds. The first-order valence-corrected chi connectivity index (χ1v) is 8.27. The molecule has 0 N–H and O–H groups in total. The van der Waals surface area contributed by atoms with Crippen LogP contribution in [0.3, 0.4) is 0 Å². The van der Waals surface area contributed by atoms with Crippen molar-refractivity contribution in [1.29, 1.82) is 0 Å². The molecule has 0 radical (unpaired) electrons. The van der Waals surface area contributed by atoms with Crippen molar-refractivity contribution in [3.8, 4) is 0 Å². The molecule has 5 nitrogen and oxygen atoms in total. The zero-order chi connectivity index (χ0) is 21.2. The highest BCUT2D eigenvalue weighted by molar-refractivity contribution is 4.67. The maximum absolute atomic E-state index is 12.0. The largest absolute Gasteiger partial charge is 0.522 e. The van der Waals surface area contributed by atoms with E-state index in [2.05, 4.69) is 9.47 Å². The minimum Gasteiger partial charge on any atom is -0.378 e. The summed E-state index contributed by atoms with van der Waals surface area (Å²) in [6.45, 7) is 6.20. The van der Waals surface area contributed by atoms with Gasteiger partial charge >= 0.3 is 12.7 Å². The molecular formula is C16H28F6O5. The van der Waals surface area contributed by atoms with Gasteiger partial charge in [-0.3, -0.25) is 9.47 Å². The van der Waals surface area contributed by atoms with Crippen LogP contribution < -0.4 is 0 Å². The molecule has 0 saturated heterocycles. The molecule has 164 valence electrons. The second-order valence-corrected chi connectivity index (χ2v) is 7.51. The number of alkyl halides is 6. The molecule has 0 bridgehead atoms. The first-order chi connectivity index (χ1) is 12.1. The Bertz CT molecular complexity index is 360. The summed E-state index contributed by atoms with van der Waals surface area (Å²) in [5, 5.41) is 0. The highest BCUT2D eigenvalue weighted by atomic mass is 19.4. The molecule has 0 spiro atoms. The Kier molecular flexibility index (Phi) is 11.1. The van der Waals surface area contributed by atoms with Crippen LogP contribution in [0.2, 0.25) is 0 Å². The molecule has 0 aromatic rings. The average molecular weight is 414 g/mol. The third-order valence-corrected chi connectivity index (χ3v) is 2.98. The maximum atomic E-state index is 12.0. The zero-order valence-electron chi connectivity index (χ0n) is 16.0. The van der Waals surface area contributed by atoms with Crippen LogP contribution in [0.1, 0.15) is 27.7 Å². The molecule has 0 fully saturated rings. The SMILES string of the molecule is CC(C)(COCCOCCOCC(C)(C)COC(F)(F)F)COC(F)(F)F. The second-order valence-electron chi connectivity index (χ2n) is 7.51. The molecule has 27 heavy (non-hydrogen) atoms. The van der Waals surface area contributed by atoms with Gasteiger partial charge in [-0.1, -0.05) is 27.7 Å². The molecule has 11 heteroatoms. The summed E-state index contributed by atoms with van der Waals surface area (Å²) in [5.41, 5.74) is -1.61. The van der Waals surface area contributed by atoms with Crippen molar-refractivity contribution < 1.29 is 50.0 Å². The average Bonchev–Trinajstić information content (AvgIpc) is 2.48. The molecule has 0 aromatic heterocycles. The molecule has 0 atom stereocenters. The zero-order valence-corrected chi connectivity index (χ0v) is 16.0.